The molecule has 2 aromatic rings. The van der Waals surface area contributed by atoms with Crippen molar-refractivity contribution in [3.63, 3.8) is 0 Å². The first-order valence-electron chi connectivity index (χ1n) is 11.4. The zero-order valence-electron chi connectivity index (χ0n) is 19.8. The molecule has 4 rings (SSSR count). The van der Waals surface area contributed by atoms with Crippen molar-refractivity contribution >= 4 is 17.4 Å². The Balaban J connectivity index is 1.79. The number of morpholine rings is 1. The van der Waals surface area contributed by atoms with E-state index in [1.807, 2.05) is 19.1 Å². The zero-order valence-corrected chi connectivity index (χ0v) is 19.8. The van der Waals surface area contributed by atoms with E-state index in [2.05, 4.69) is 0 Å². The molecular formula is C26H30N2O6. The summed E-state index contributed by atoms with van der Waals surface area (Å²) in [6.07, 6.45) is 0. The molecule has 2 fully saturated rings. The number of Topliss-reactive ketones (excluding diaryl/α,β-unsaturated/α-hetero) is 1. The molecule has 1 N–H and O–H groups in total. The Labute approximate surface area is 199 Å². The number of ether oxygens (including phenoxy) is 3. The van der Waals surface area contributed by atoms with Crippen LogP contribution < -0.4 is 19.5 Å². The third kappa shape index (κ3) is 4.64. The van der Waals surface area contributed by atoms with Crippen LogP contribution >= 0.6 is 0 Å². The van der Waals surface area contributed by atoms with Gasteiger partial charge >= 0.3 is 0 Å². The Morgan fingerprint density at radius 3 is 2.44 bits per heavy atom. The summed E-state index contributed by atoms with van der Waals surface area (Å²) in [5, 5.41) is 13.5. The standard InChI is InChI=1S/C26H30N2O6/c1-17-4-6-18(7-5-17)24(29)22-23(20-9-8-19(32-2)16-21(20)33-3)28(26(31)25(22)30)11-10-27-12-14-34-15-13-27/h4-9,16,23,29H,10-15H2,1-3H3. The third-order valence-corrected chi connectivity index (χ3v) is 6.48. The van der Waals surface area contributed by atoms with Crippen molar-refractivity contribution < 1.29 is 33.8 Å². The molecule has 34 heavy (non-hydrogen) atoms. The van der Waals surface area contributed by atoms with Crippen LogP contribution in [0.15, 0.2) is 48.0 Å². The highest BCUT2D eigenvalue weighted by Gasteiger charge is 2.45. The van der Waals surface area contributed by atoms with Crippen molar-refractivity contribution in [2.45, 2.75) is 13.0 Å². The summed E-state index contributed by atoms with van der Waals surface area (Å²) in [7, 11) is 3.06. The quantitative estimate of drug-likeness (QED) is 0.355. The summed E-state index contributed by atoms with van der Waals surface area (Å²) in [5.41, 5.74) is 1.91. The molecule has 2 saturated heterocycles. The van der Waals surface area contributed by atoms with Crippen molar-refractivity contribution in [2.75, 3.05) is 53.6 Å². The average molecular weight is 467 g/mol. The smallest absolute Gasteiger partial charge is 0.295 e. The Bertz CT molecular complexity index is 1090. The number of carbonyl (C=O) groups is 2. The van der Waals surface area contributed by atoms with Crippen molar-refractivity contribution in [1.29, 1.82) is 0 Å². The van der Waals surface area contributed by atoms with Gasteiger partial charge < -0.3 is 29.1 Å². The Morgan fingerprint density at radius 2 is 1.79 bits per heavy atom. The molecule has 2 aromatic carbocycles. The summed E-state index contributed by atoms with van der Waals surface area (Å²) in [5.74, 6) is -0.837. The Kier molecular flexibility index (Phi) is 7.19. The van der Waals surface area contributed by atoms with Gasteiger partial charge in [0.05, 0.1) is 46.6 Å². The van der Waals surface area contributed by atoms with Crippen molar-refractivity contribution in [3.05, 3.63) is 64.7 Å². The largest absolute Gasteiger partial charge is 0.872 e. The lowest BCUT2D eigenvalue weighted by Crippen LogP contribution is -3.14. The van der Waals surface area contributed by atoms with Gasteiger partial charge in [-0.05, 0) is 24.6 Å². The first-order chi connectivity index (χ1) is 16.4. The maximum Gasteiger partial charge on any atom is 0.295 e. The van der Waals surface area contributed by atoms with E-state index in [1.165, 1.54) is 16.9 Å². The summed E-state index contributed by atoms with van der Waals surface area (Å²) in [4.78, 5) is 29.2. The lowest BCUT2D eigenvalue weighted by atomic mass is 9.94. The summed E-state index contributed by atoms with van der Waals surface area (Å²) in [6.45, 7) is 5.93. The summed E-state index contributed by atoms with van der Waals surface area (Å²) in [6, 6.07) is 11.4. The van der Waals surface area contributed by atoms with E-state index in [-0.39, 0.29) is 5.57 Å². The molecule has 1 unspecified atom stereocenters. The number of carbonyl (C=O) groups excluding carboxylic acids is 2. The van der Waals surface area contributed by atoms with Crippen LogP contribution in [0.1, 0.15) is 22.7 Å². The maximum absolute atomic E-state index is 13.5. The van der Waals surface area contributed by atoms with Gasteiger partial charge in [0.2, 0.25) is 5.78 Å². The van der Waals surface area contributed by atoms with Crippen molar-refractivity contribution in [3.8, 4) is 11.5 Å². The van der Waals surface area contributed by atoms with Crippen LogP contribution in [-0.2, 0) is 14.3 Å². The number of nitrogens with zero attached hydrogens (tertiary/aromatic N) is 1. The number of aryl methyl sites for hydroxylation is 1. The number of methoxy groups -OCH3 is 2. The minimum absolute atomic E-state index is 0.0469. The topological polar surface area (TPSA) is 92.6 Å². The second-order valence-corrected chi connectivity index (χ2v) is 8.56. The van der Waals surface area contributed by atoms with Crippen LogP contribution in [-0.4, -0.2) is 70.2 Å². The van der Waals surface area contributed by atoms with Gasteiger partial charge in [0.25, 0.3) is 5.91 Å². The van der Waals surface area contributed by atoms with Gasteiger partial charge in [-0.15, -0.1) is 0 Å². The zero-order chi connectivity index (χ0) is 24.2. The molecular weight excluding hydrogens is 436 g/mol. The van der Waals surface area contributed by atoms with Crippen LogP contribution in [0.5, 0.6) is 11.5 Å². The van der Waals surface area contributed by atoms with Gasteiger partial charge in [0, 0.05) is 17.2 Å². The molecule has 0 spiro atoms. The fourth-order valence-corrected chi connectivity index (χ4v) is 4.52. The van der Waals surface area contributed by atoms with Crippen molar-refractivity contribution in [2.24, 2.45) is 0 Å². The molecule has 8 nitrogen and oxygen atoms in total. The van der Waals surface area contributed by atoms with E-state index < -0.39 is 23.5 Å². The molecule has 180 valence electrons. The van der Waals surface area contributed by atoms with E-state index in [9.17, 15) is 14.7 Å². The number of nitrogens with one attached hydrogen (secondary N) is 1. The van der Waals surface area contributed by atoms with Crippen LogP contribution in [0.2, 0.25) is 0 Å². The summed E-state index contributed by atoms with van der Waals surface area (Å²) >= 11 is 0. The number of hydrogen-bond acceptors (Lipinski definition) is 6. The number of ketones is 1. The predicted octanol–water partition coefficient (Wildman–Crippen LogP) is 0.151. The van der Waals surface area contributed by atoms with Crippen LogP contribution in [0, 0.1) is 6.92 Å². The first-order valence-corrected chi connectivity index (χ1v) is 11.4. The number of rotatable bonds is 7. The number of likely N-dealkylation sites (tertiary alicyclic amines) is 1. The van der Waals surface area contributed by atoms with E-state index >= 15 is 0 Å². The highest BCUT2D eigenvalue weighted by Crippen LogP contribution is 2.42. The predicted molar refractivity (Wildman–Crippen MR) is 123 cm³/mol. The molecule has 0 bridgehead atoms. The van der Waals surface area contributed by atoms with Crippen LogP contribution in [0.4, 0.5) is 0 Å². The van der Waals surface area contributed by atoms with Gasteiger partial charge in [0.15, 0.2) is 0 Å². The highest BCUT2D eigenvalue weighted by atomic mass is 16.5. The van der Waals surface area contributed by atoms with Gasteiger partial charge in [-0.3, -0.25) is 9.59 Å². The molecule has 0 aliphatic carbocycles. The SMILES string of the molecule is COc1ccc(C2C(=C([O-])c3ccc(C)cc3)C(=O)C(=O)N2CC[NH+]2CCOCC2)c(OC)c1. The monoisotopic (exact) mass is 466 g/mol. The summed E-state index contributed by atoms with van der Waals surface area (Å²) < 4.78 is 16.3. The molecule has 1 atom stereocenters. The third-order valence-electron chi connectivity index (χ3n) is 6.48. The maximum atomic E-state index is 13.5. The Hall–Kier alpha value is -3.36. The fourth-order valence-electron chi connectivity index (χ4n) is 4.52. The van der Waals surface area contributed by atoms with Crippen LogP contribution in [0.3, 0.4) is 0 Å². The average Bonchev–Trinajstić information content (AvgIpc) is 3.12. The Morgan fingerprint density at radius 1 is 1.09 bits per heavy atom. The lowest BCUT2D eigenvalue weighted by molar-refractivity contribution is -0.907. The number of amides is 1. The second-order valence-electron chi connectivity index (χ2n) is 8.56. The molecule has 0 saturated carbocycles. The molecule has 8 heteroatoms. The minimum atomic E-state index is -0.838. The van der Waals surface area contributed by atoms with E-state index in [4.69, 9.17) is 14.2 Å². The fraction of sp³-hybridized carbons (Fsp3) is 0.385. The molecule has 2 heterocycles. The number of quaternary nitrogens is 1. The molecule has 2 aliphatic heterocycles. The number of hydrogen-bond donors (Lipinski definition) is 1. The normalized spacial score (nSPS) is 20.6. The van der Waals surface area contributed by atoms with E-state index in [1.54, 1.807) is 37.4 Å². The van der Waals surface area contributed by atoms with E-state index in [0.29, 0.717) is 48.9 Å². The van der Waals surface area contributed by atoms with Crippen molar-refractivity contribution in [1.82, 2.24) is 4.90 Å². The second kappa shape index (κ2) is 10.3. The molecule has 1 amide bonds. The first kappa shape index (κ1) is 23.8. The lowest BCUT2D eigenvalue weighted by Gasteiger charge is -2.30. The van der Waals surface area contributed by atoms with Gasteiger partial charge in [-0.2, -0.15) is 0 Å². The van der Waals surface area contributed by atoms with Gasteiger partial charge in [-0.25, -0.2) is 0 Å². The molecule has 0 aromatic heterocycles. The van der Waals surface area contributed by atoms with Gasteiger partial charge in [-0.1, -0.05) is 35.6 Å². The molecule has 0 radical (unpaired) electrons. The molecule has 2 aliphatic rings. The van der Waals surface area contributed by atoms with Gasteiger partial charge in [0.1, 0.15) is 24.6 Å². The number of benzene rings is 2. The highest BCUT2D eigenvalue weighted by molar-refractivity contribution is 6.46. The van der Waals surface area contributed by atoms with E-state index in [0.717, 1.165) is 18.7 Å². The minimum Gasteiger partial charge on any atom is -0.872 e. The van der Waals surface area contributed by atoms with Crippen LogP contribution in [0.25, 0.3) is 5.76 Å².